The van der Waals surface area contributed by atoms with Crippen LogP contribution in [0, 0.1) is 0 Å². The molecule has 0 spiro atoms. The van der Waals surface area contributed by atoms with Crippen molar-refractivity contribution < 1.29 is 63.9 Å². The van der Waals surface area contributed by atoms with Crippen LogP contribution in [0.5, 0.6) is 0 Å². The molecule has 0 radical (unpaired) electrons. The summed E-state index contributed by atoms with van der Waals surface area (Å²) in [6.07, 6.45) is -2.01. The third-order valence-electron chi connectivity index (χ3n) is 7.85. The topological polar surface area (TPSA) is 196 Å². The van der Waals surface area contributed by atoms with Gasteiger partial charge in [-0.15, -0.1) is 0 Å². The Morgan fingerprint density at radius 3 is 1.90 bits per heavy atom. The molecule has 2 saturated heterocycles. The summed E-state index contributed by atoms with van der Waals surface area (Å²) in [7, 11) is 0. The van der Waals surface area contributed by atoms with Crippen LogP contribution in [0.15, 0.2) is 0 Å². The fraction of sp³-hybridized carbons (Fsp3) is 0.964. The number of halogens is 1. The number of hydrogen-bond acceptors (Lipinski definition) is 12. The van der Waals surface area contributed by atoms with Crippen molar-refractivity contribution in [3.8, 4) is 0 Å². The molecule has 242 valence electrons. The smallest absolute Gasteiger partial charge is 0.340 e. The van der Waals surface area contributed by atoms with Gasteiger partial charge in [0.25, 0.3) is 0 Å². The molecule has 7 N–H and O–H groups in total. The van der Waals surface area contributed by atoms with E-state index in [0.29, 0.717) is 6.42 Å². The summed E-state index contributed by atoms with van der Waals surface area (Å²) in [5.74, 6) is -3.52. The Labute approximate surface area is 241 Å². The zero-order valence-corrected chi connectivity index (χ0v) is 24.1. The number of aliphatic hydroxyl groups excluding tert-OH is 7. The summed E-state index contributed by atoms with van der Waals surface area (Å²) in [6, 6.07) is 0. The lowest BCUT2D eigenvalue weighted by atomic mass is 9.99. The van der Waals surface area contributed by atoms with Gasteiger partial charge in [-0.3, -0.25) is 0 Å². The Balaban J connectivity index is 1.70. The van der Waals surface area contributed by atoms with Crippen LogP contribution in [0.1, 0.15) is 90.4 Å². The average Bonchev–Trinajstić information content (AvgIpc) is 3.21. The first-order chi connectivity index (χ1) is 19.6. The molecule has 41 heavy (non-hydrogen) atoms. The first-order valence-electron chi connectivity index (χ1n) is 15.1. The van der Waals surface area contributed by atoms with Gasteiger partial charge in [-0.25, -0.2) is 9.18 Å². The number of carbonyl (C=O) groups is 1. The molecule has 0 aromatic rings. The largest absolute Gasteiger partial charge is 0.461 e. The molecular formula is C28H51FO12. The minimum atomic E-state index is -2.38. The Morgan fingerprint density at radius 1 is 0.805 bits per heavy atom. The molecule has 2 fully saturated rings. The van der Waals surface area contributed by atoms with Gasteiger partial charge in [0.15, 0.2) is 12.5 Å². The summed E-state index contributed by atoms with van der Waals surface area (Å²) < 4.78 is 35.3. The fourth-order valence-electron chi connectivity index (χ4n) is 5.16. The number of alkyl halides is 1. The number of carbonyl (C=O) groups excluding carboxylic acids is 1. The molecule has 12 nitrogen and oxygen atoms in total. The standard InChI is InChI=1S/C28H51FO12/c1-2-3-4-5-6-7-8-9-10-11-12-13-14-18(29)26(37)38-16-20-22(33)25(36)28(17-31,40-20)41-27-24(35)23(34)21(32)19(15-30)39-27/h18-25,27,30-36H,2-17H2,1H3/t18-,19+,20+,21-,22+,23-,24-,25+,27-,28-/m1/s1. The van der Waals surface area contributed by atoms with Crippen LogP contribution in [0.25, 0.3) is 0 Å². The molecule has 0 bridgehead atoms. The van der Waals surface area contributed by atoms with Crippen LogP contribution in [-0.4, -0.2) is 123 Å². The lowest BCUT2D eigenvalue weighted by Gasteiger charge is -2.43. The van der Waals surface area contributed by atoms with Crippen LogP contribution in [0.3, 0.4) is 0 Å². The highest BCUT2D eigenvalue weighted by Crippen LogP contribution is 2.36. The van der Waals surface area contributed by atoms with Crippen molar-refractivity contribution in [1.29, 1.82) is 0 Å². The van der Waals surface area contributed by atoms with Crippen LogP contribution in [0.4, 0.5) is 4.39 Å². The molecule has 2 aliphatic heterocycles. The predicted molar refractivity (Wildman–Crippen MR) is 143 cm³/mol. The Bertz CT molecular complexity index is 730. The fourth-order valence-corrected chi connectivity index (χ4v) is 5.16. The molecule has 0 aromatic carbocycles. The van der Waals surface area contributed by atoms with E-state index < -0.39 is 86.8 Å². The predicted octanol–water partition coefficient (Wildman–Crippen LogP) is 0.585. The second-order valence-electron chi connectivity index (χ2n) is 11.2. The molecular weight excluding hydrogens is 547 g/mol. The summed E-state index contributed by atoms with van der Waals surface area (Å²) >= 11 is 0. The van der Waals surface area contributed by atoms with Crippen molar-refractivity contribution in [2.45, 2.75) is 151 Å². The van der Waals surface area contributed by atoms with E-state index in [1.54, 1.807) is 0 Å². The SMILES string of the molecule is CCCCCCCCCCCCCC[C@@H](F)C(=O)OC[C@@H]1O[C@](CO)(O[C@H]2O[C@@H](CO)[C@@H](O)[C@@H](O)[C@H]2O)[C@@H](O)[C@H]1O. The van der Waals surface area contributed by atoms with Gasteiger partial charge >= 0.3 is 5.97 Å². The number of rotatable bonds is 20. The zero-order chi connectivity index (χ0) is 30.4. The van der Waals surface area contributed by atoms with Gasteiger partial charge < -0.3 is 54.7 Å². The van der Waals surface area contributed by atoms with Crippen molar-refractivity contribution in [2.24, 2.45) is 0 Å². The summed E-state index contributed by atoms with van der Waals surface area (Å²) in [6.45, 7) is -0.258. The molecule has 2 rings (SSSR count). The highest BCUT2D eigenvalue weighted by molar-refractivity contribution is 5.74. The quantitative estimate of drug-likeness (QED) is 0.0762. The Hall–Kier alpha value is -1.00. The van der Waals surface area contributed by atoms with Crippen molar-refractivity contribution in [3.63, 3.8) is 0 Å². The van der Waals surface area contributed by atoms with E-state index >= 15 is 0 Å². The van der Waals surface area contributed by atoms with E-state index in [0.717, 1.165) is 25.7 Å². The molecule has 2 aliphatic rings. The van der Waals surface area contributed by atoms with Crippen molar-refractivity contribution >= 4 is 5.97 Å². The van der Waals surface area contributed by atoms with Crippen LogP contribution in [-0.2, 0) is 23.7 Å². The number of ether oxygens (including phenoxy) is 4. The lowest BCUT2D eigenvalue weighted by molar-refractivity contribution is -0.383. The van der Waals surface area contributed by atoms with Gasteiger partial charge in [-0.2, -0.15) is 0 Å². The van der Waals surface area contributed by atoms with E-state index in [-0.39, 0.29) is 6.42 Å². The molecule has 0 aliphatic carbocycles. The number of hydrogen-bond donors (Lipinski definition) is 7. The number of aliphatic hydroxyl groups is 7. The highest BCUT2D eigenvalue weighted by atomic mass is 19.1. The van der Waals surface area contributed by atoms with Crippen molar-refractivity contribution in [1.82, 2.24) is 0 Å². The van der Waals surface area contributed by atoms with Gasteiger partial charge in [0.05, 0.1) is 6.61 Å². The molecule has 13 heteroatoms. The molecule has 0 aromatic heterocycles. The lowest BCUT2D eigenvalue weighted by Crippen LogP contribution is -2.62. The molecule has 10 atom stereocenters. The maximum atomic E-state index is 14.4. The minimum Gasteiger partial charge on any atom is -0.461 e. The third kappa shape index (κ3) is 10.6. The van der Waals surface area contributed by atoms with Crippen LogP contribution < -0.4 is 0 Å². The van der Waals surface area contributed by atoms with E-state index in [1.807, 2.05) is 0 Å². The van der Waals surface area contributed by atoms with Crippen LogP contribution in [0.2, 0.25) is 0 Å². The van der Waals surface area contributed by atoms with E-state index in [4.69, 9.17) is 18.9 Å². The first kappa shape index (κ1) is 36.2. The second kappa shape index (κ2) is 18.6. The normalized spacial score (nSPS) is 34.6. The maximum absolute atomic E-state index is 14.4. The van der Waals surface area contributed by atoms with Gasteiger partial charge in [0.2, 0.25) is 5.79 Å². The number of esters is 1. The van der Waals surface area contributed by atoms with Gasteiger partial charge in [0, 0.05) is 0 Å². The summed E-state index contributed by atoms with van der Waals surface area (Å²) in [4.78, 5) is 12.1. The van der Waals surface area contributed by atoms with Crippen LogP contribution >= 0.6 is 0 Å². The van der Waals surface area contributed by atoms with Crippen molar-refractivity contribution in [3.05, 3.63) is 0 Å². The molecule has 0 unspecified atom stereocenters. The molecule has 0 saturated carbocycles. The maximum Gasteiger partial charge on any atom is 0.340 e. The summed E-state index contributed by atoms with van der Waals surface area (Å²) in [5, 5.41) is 70.2. The summed E-state index contributed by atoms with van der Waals surface area (Å²) in [5.41, 5.74) is 0. The van der Waals surface area contributed by atoms with E-state index in [9.17, 15) is 44.9 Å². The monoisotopic (exact) mass is 598 g/mol. The van der Waals surface area contributed by atoms with E-state index in [1.165, 1.54) is 44.9 Å². The van der Waals surface area contributed by atoms with Gasteiger partial charge in [0.1, 0.15) is 55.9 Å². The molecule has 0 amide bonds. The Morgan fingerprint density at radius 2 is 1.37 bits per heavy atom. The highest BCUT2D eigenvalue weighted by Gasteiger charge is 2.58. The first-order valence-corrected chi connectivity index (χ1v) is 15.1. The van der Waals surface area contributed by atoms with Gasteiger partial charge in [-0.1, -0.05) is 77.6 Å². The van der Waals surface area contributed by atoms with E-state index in [2.05, 4.69) is 6.92 Å². The van der Waals surface area contributed by atoms with Gasteiger partial charge in [-0.05, 0) is 12.8 Å². The molecule has 2 heterocycles. The Kier molecular flexibility index (Phi) is 16.4. The number of unbranched alkanes of at least 4 members (excludes halogenated alkanes) is 11. The minimum absolute atomic E-state index is 0.00619. The van der Waals surface area contributed by atoms with Crippen molar-refractivity contribution in [2.75, 3.05) is 19.8 Å². The average molecular weight is 599 g/mol. The zero-order valence-electron chi connectivity index (χ0n) is 24.1. The second-order valence-corrected chi connectivity index (χ2v) is 11.2. The third-order valence-corrected chi connectivity index (χ3v) is 7.85.